The molecule has 0 unspecified atom stereocenters. The Morgan fingerprint density at radius 2 is 1.79 bits per heavy atom. The Kier molecular flexibility index (Phi) is 6.71. The van der Waals surface area contributed by atoms with Gasteiger partial charge in [-0.3, -0.25) is 4.79 Å². The summed E-state index contributed by atoms with van der Waals surface area (Å²) >= 11 is 1.15. The summed E-state index contributed by atoms with van der Waals surface area (Å²) in [5.74, 6) is -0.786. The molecule has 2 heterocycles. The Morgan fingerprint density at radius 3 is 2.41 bits per heavy atom. The van der Waals surface area contributed by atoms with Gasteiger partial charge in [0.2, 0.25) is 10.0 Å². The van der Waals surface area contributed by atoms with Crippen molar-refractivity contribution < 1.29 is 22.7 Å². The third-order valence-electron chi connectivity index (χ3n) is 4.68. The molecule has 29 heavy (non-hydrogen) atoms. The zero-order valence-electron chi connectivity index (χ0n) is 16.4. The number of piperidine rings is 1. The number of nitrogens with one attached hydrogen (secondary N) is 1. The van der Waals surface area contributed by atoms with Crippen LogP contribution in [0.1, 0.15) is 51.8 Å². The first-order valence-electron chi connectivity index (χ1n) is 9.52. The maximum Gasteiger partial charge on any atom is 0.348 e. The number of nitrogens with zero attached hydrogens (tertiary/aromatic N) is 1. The van der Waals surface area contributed by atoms with Crippen LogP contribution in [0.3, 0.4) is 0 Å². The molecule has 156 valence electrons. The van der Waals surface area contributed by atoms with E-state index in [9.17, 15) is 18.0 Å². The quantitative estimate of drug-likeness (QED) is 0.698. The number of esters is 1. The van der Waals surface area contributed by atoms with E-state index >= 15 is 0 Å². The lowest BCUT2D eigenvalue weighted by Crippen LogP contribution is -2.35. The van der Waals surface area contributed by atoms with Gasteiger partial charge in [-0.2, -0.15) is 4.31 Å². The van der Waals surface area contributed by atoms with Crippen LogP contribution < -0.4 is 5.32 Å². The van der Waals surface area contributed by atoms with Gasteiger partial charge in [-0.25, -0.2) is 13.2 Å². The largest absolute Gasteiger partial charge is 0.462 e. The van der Waals surface area contributed by atoms with Crippen molar-refractivity contribution in [3.63, 3.8) is 0 Å². The van der Waals surface area contributed by atoms with E-state index in [4.69, 9.17) is 4.74 Å². The molecule has 0 bridgehead atoms. The van der Waals surface area contributed by atoms with Gasteiger partial charge in [-0.15, -0.1) is 11.3 Å². The summed E-state index contributed by atoms with van der Waals surface area (Å²) < 4.78 is 31.9. The summed E-state index contributed by atoms with van der Waals surface area (Å²) in [7, 11) is -3.53. The van der Waals surface area contributed by atoms with Crippen LogP contribution in [0.25, 0.3) is 0 Å². The van der Waals surface area contributed by atoms with Gasteiger partial charge >= 0.3 is 5.97 Å². The number of aryl methyl sites for hydroxylation is 1. The molecular weight excluding hydrogens is 412 g/mol. The first kappa shape index (κ1) is 21.5. The standard InChI is InChI=1S/C20H24N2O5S2/c1-3-27-20(24)18-14(2)13-17(28-18)21-19(23)15-7-9-16(10-8-15)29(25,26)22-11-5-4-6-12-22/h7-10,13H,3-6,11-12H2,1-2H3,(H,21,23). The van der Waals surface area contributed by atoms with Crippen molar-refractivity contribution in [2.75, 3.05) is 25.0 Å². The number of amides is 1. The number of thiophene rings is 1. The monoisotopic (exact) mass is 436 g/mol. The Labute approximate surface area is 174 Å². The maximum atomic E-state index is 12.7. The minimum absolute atomic E-state index is 0.188. The Bertz CT molecular complexity index is 990. The Hall–Kier alpha value is -2.23. The molecule has 0 spiro atoms. The van der Waals surface area contributed by atoms with Gasteiger partial charge in [-0.05, 0) is 62.6 Å². The zero-order chi connectivity index (χ0) is 21.0. The number of sulfonamides is 1. The van der Waals surface area contributed by atoms with Gasteiger partial charge in [0, 0.05) is 18.7 Å². The molecule has 1 aliphatic heterocycles. The van der Waals surface area contributed by atoms with Crippen molar-refractivity contribution >= 4 is 38.2 Å². The SMILES string of the molecule is CCOC(=O)c1sc(NC(=O)c2ccc(S(=O)(=O)N3CCCCC3)cc2)cc1C. The summed E-state index contributed by atoms with van der Waals surface area (Å²) in [6.07, 6.45) is 2.78. The van der Waals surface area contributed by atoms with E-state index < -0.39 is 16.0 Å². The molecule has 1 aromatic carbocycles. The van der Waals surface area contributed by atoms with E-state index in [2.05, 4.69) is 5.32 Å². The summed E-state index contributed by atoms with van der Waals surface area (Å²) in [6.45, 7) is 4.86. The highest BCUT2D eigenvalue weighted by Crippen LogP contribution is 2.28. The van der Waals surface area contributed by atoms with Crippen molar-refractivity contribution in [1.29, 1.82) is 0 Å². The molecule has 1 N–H and O–H groups in total. The summed E-state index contributed by atoms with van der Waals surface area (Å²) in [5, 5.41) is 3.28. The number of hydrogen-bond acceptors (Lipinski definition) is 6. The van der Waals surface area contributed by atoms with Gasteiger partial charge in [-0.1, -0.05) is 6.42 Å². The van der Waals surface area contributed by atoms with Gasteiger partial charge in [0.1, 0.15) is 4.88 Å². The minimum Gasteiger partial charge on any atom is -0.462 e. The van der Waals surface area contributed by atoms with Crippen LogP contribution in [0.5, 0.6) is 0 Å². The summed E-state index contributed by atoms with van der Waals surface area (Å²) in [6, 6.07) is 7.63. The number of carbonyl (C=O) groups excluding carboxylic acids is 2. The lowest BCUT2D eigenvalue weighted by molar-refractivity contribution is 0.0531. The van der Waals surface area contributed by atoms with Crippen LogP contribution in [-0.2, 0) is 14.8 Å². The average molecular weight is 437 g/mol. The molecule has 1 aromatic heterocycles. The molecule has 1 amide bonds. The Balaban J connectivity index is 1.71. The topological polar surface area (TPSA) is 92.8 Å². The van der Waals surface area contributed by atoms with Crippen LogP contribution in [0.4, 0.5) is 5.00 Å². The number of carbonyl (C=O) groups is 2. The predicted octanol–water partition coefficient (Wildman–Crippen LogP) is 3.66. The average Bonchev–Trinajstić information content (AvgIpc) is 3.09. The number of rotatable bonds is 6. The van der Waals surface area contributed by atoms with Crippen molar-refractivity contribution in [2.24, 2.45) is 0 Å². The number of benzene rings is 1. The summed E-state index contributed by atoms with van der Waals surface area (Å²) in [5.41, 5.74) is 1.07. The molecular formula is C20H24N2O5S2. The van der Waals surface area contributed by atoms with E-state index in [0.717, 1.165) is 36.2 Å². The fourth-order valence-electron chi connectivity index (χ4n) is 3.16. The second-order valence-electron chi connectivity index (χ2n) is 6.79. The molecule has 0 radical (unpaired) electrons. The van der Waals surface area contributed by atoms with Crippen molar-refractivity contribution in [3.8, 4) is 0 Å². The smallest absolute Gasteiger partial charge is 0.348 e. The van der Waals surface area contributed by atoms with Gasteiger partial charge in [0.25, 0.3) is 5.91 Å². The predicted molar refractivity (Wildman–Crippen MR) is 112 cm³/mol. The molecule has 9 heteroatoms. The van der Waals surface area contributed by atoms with Crippen LogP contribution in [0.2, 0.25) is 0 Å². The highest BCUT2D eigenvalue weighted by Gasteiger charge is 2.26. The molecule has 1 fully saturated rings. The van der Waals surface area contributed by atoms with Crippen molar-refractivity contribution in [3.05, 3.63) is 46.3 Å². The molecule has 1 aliphatic rings. The molecule has 7 nitrogen and oxygen atoms in total. The Morgan fingerprint density at radius 1 is 1.14 bits per heavy atom. The third kappa shape index (κ3) is 4.85. The molecule has 2 aromatic rings. The normalized spacial score (nSPS) is 15.1. The minimum atomic E-state index is -3.53. The summed E-state index contributed by atoms with van der Waals surface area (Å²) in [4.78, 5) is 25.1. The maximum absolute atomic E-state index is 12.7. The number of ether oxygens (including phenoxy) is 1. The number of anilines is 1. The second kappa shape index (κ2) is 9.06. The van der Waals surface area contributed by atoms with E-state index in [1.807, 2.05) is 0 Å². The fraction of sp³-hybridized carbons (Fsp3) is 0.400. The van der Waals surface area contributed by atoms with Gasteiger partial charge < -0.3 is 10.1 Å². The number of hydrogen-bond donors (Lipinski definition) is 1. The first-order valence-corrected chi connectivity index (χ1v) is 11.8. The molecule has 3 rings (SSSR count). The lowest BCUT2D eigenvalue weighted by Gasteiger charge is -2.25. The van der Waals surface area contributed by atoms with E-state index in [0.29, 0.717) is 28.5 Å². The van der Waals surface area contributed by atoms with E-state index in [1.54, 1.807) is 19.9 Å². The molecule has 0 atom stereocenters. The highest BCUT2D eigenvalue weighted by atomic mass is 32.2. The molecule has 0 saturated carbocycles. The van der Waals surface area contributed by atoms with Crippen LogP contribution in [-0.4, -0.2) is 44.3 Å². The fourth-order valence-corrected chi connectivity index (χ4v) is 5.64. The van der Waals surface area contributed by atoms with Crippen molar-refractivity contribution in [1.82, 2.24) is 4.31 Å². The van der Waals surface area contributed by atoms with Gasteiger partial charge in [0.05, 0.1) is 16.5 Å². The van der Waals surface area contributed by atoms with Crippen LogP contribution in [0, 0.1) is 6.92 Å². The zero-order valence-corrected chi connectivity index (χ0v) is 18.1. The molecule has 0 aliphatic carbocycles. The first-order chi connectivity index (χ1) is 13.8. The second-order valence-corrected chi connectivity index (χ2v) is 9.78. The van der Waals surface area contributed by atoms with E-state index in [1.165, 1.54) is 28.6 Å². The van der Waals surface area contributed by atoms with E-state index in [-0.39, 0.29) is 17.4 Å². The van der Waals surface area contributed by atoms with Crippen LogP contribution >= 0.6 is 11.3 Å². The third-order valence-corrected chi connectivity index (χ3v) is 7.73. The van der Waals surface area contributed by atoms with Crippen molar-refractivity contribution in [2.45, 2.75) is 38.0 Å². The van der Waals surface area contributed by atoms with Gasteiger partial charge in [0.15, 0.2) is 0 Å². The molecule has 1 saturated heterocycles. The lowest BCUT2D eigenvalue weighted by atomic mass is 10.2. The van der Waals surface area contributed by atoms with Crippen LogP contribution in [0.15, 0.2) is 35.2 Å². The highest BCUT2D eigenvalue weighted by molar-refractivity contribution is 7.89.